The minimum Gasteiger partial charge on any atom is -0.439 e. The van der Waals surface area contributed by atoms with E-state index >= 15 is 0 Å². The molecular weight excluding hydrogens is 372 g/mol. The fourth-order valence-electron chi connectivity index (χ4n) is 3.05. The van der Waals surface area contributed by atoms with Gasteiger partial charge in [-0.3, -0.25) is 14.6 Å². The molecule has 2 N–H and O–H groups in total. The molecule has 3 amide bonds. The van der Waals surface area contributed by atoms with Crippen molar-refractivity contribution in [2.45, 2.75) is 38.6 Å². The summed E-state index contributed by atoms with van der Waals surface area (Å²) in [5.74, 6) is 0.0472. The largest absolute Gasteiger partial charge is 0.439 e. The first kappa shape index (κ1) is 19.2. The van der Waals surface area contributed by atoms with Crippen molar-refractivity contribution in [2.24, 2.45) is 5.92 Å². The van der Waals surface area contributed by atoms with Gasteiger partial charge in [0.25, 0.3) is 5.91 Å². The lowest BCUT2D eigenvalue weighted by Gasteiger charge is -2.29. The van der Waals surface area contributed by atoms with Gasteiger partial charge in [-0.05, 0) is 30.9 Å². The molecule has 27 heavy (non-hydrogen) atoms. The lowest BCUT2D eigenvalue weighted by atomic mass is 9.86. The summed E-state index contributed by atoms with van der Waals surface area (Å²) >= 11 is 6.07. The fraction of sp³-hybridized carbons (Fsp3) is 0.444. The lowest BCUT2D eigenvalue weighted by molar-refractivity contribution is -0.122. The normalized spacial score (nSPS) is 19.3. The average molecular weight is 393 g/mol. The number of hydrogen-bond acceptors (Lipinski definition) is 6. The molecule has 0 bridgehead atoms. The topological polar surface area (TPSA) is 106 Å². The van der Waals surface area contributed by atoms with Crippen molar-refractivity contribution in [3.8, 4) is 17.5 Å². The molecule has 1 aliphatic rings. The molecule has 1 aromatic carbocycles. The van der Waals surface area contributed by atoms with Crippen LogP contribution in [0.25, 0.3) is 11.4 Å². The van der Waals surface area contributed by atoms with Crippen molar-refractivity contribution in [1.29, 1.82) is 0 Å². The SMILES string of the molecule is CC1CCCCC1NC(=O)NC(=O)COc1nc(-c2ccccc2Cl)no1. The van der Waals surface area contributed by atoms with Crippen LogP contribution in [0.4, 0.5) is 4.79 Å². The molecule has 2 atom stereocenters. The first-order chi connectivity index (χ1) is 13.0. The highest BCUT2D eigenvalue weighted by Gasteiger charge is 2.23. The second-order valence-electron chi connectivity index (χ2n) is 6.54. The van der Waals surface area contributed by atoms with Gasteiger partial charge in [-0.2, -0.15) is 4.98 Å². The zero-order valence-electron chi connectivity index (χ0n) is 14.9. The molecule has 0 radical (unpaired) electrons. The molecule has 1 aliphatic carbocycles. The standard InChI is InChI=1S/C18H21ClN4O4/c1-11-6-2-5-9-14(11)20-17(25)21-15(24)10-26-18-22-16(23-27-18)12-7-3-4-8-13(12)19/h3-4,7-8,11,14H,2,5-6,9-10H2,1H3,(H2,20,21,24,25). The second-order valence-corrected chi connectivity index (χ2v) is 6.95. The molecule has 0 spiro atoms. The van der Waals surface area contributed by atoms with Gasteiger partial charge in [-0.15, -0.1) is 0 Å². The zero-order valence-corrected chi connectivity index (χ0v) is 15.7. The summed E-state index contributed by atoms with van der Waals surface area (Å²) in [4.78, 5) is 27.8. The predicted octanol–water partition coefficient (Wildman–Crippen LogP) is 3.17. The average Bonchev–Trinajstić information content (AvgIpc) is 3.11. The number of hydrogen-bond donors (Lipinski definition) is 2. The number of amides is 3. The van der Waals surface area contributed by atoms with Gasteiger partial charge in [-0.1, -0.05) is 48.7 Å². The number of carbonyl (C=O) groups excluding carboxylic acids is 2. The first-order valence-electron chi connectivity index (χ1n) is 8.84. The van der Waals surface area contributed by atoms with Crippen molar-refractivity contribution in [1.82, 2.24) is 20.8 Å². The van der Waals surface area contributed by atoms with Crippen LogP contribution in [0.15, 0.2) is 28.8 Å². The number of urea groups is 1. The van der Waals surface area contributed by atoms with E-state index in [-0.39, 0.29) is 17.9 Å². The van der Waals surface area contributed by atoms with E-state index in [2.05, 4.69) is 27.7 Å². The van der Waals surface area contributed by atoms with E-state index in [4.69, 9.17) is 20.9 Å². The van der Waals surface area contributed by atoms with E-state index in [1.165, 1.54) is 6.42 Å². The quantitative estimate of drug-likeness (QED) is 0.809. The summed E-state index contributed by atoms with van der Waals surface area (Å²) in [5.41, 5.74) is 0.586. The third kappa shape index (κ3) is 5.19. The van der Waals surface area contributed by atoms with Crippen molar-refractivity contribution < 1.29 is 18.8 Å². The van der Waals surface area contributed by atoms with Gasteiger partial charge in [0.1, 0.15) is 0 Å². The Bertz CT molecular complexity index is 810. The molecule has 0 saturated heterocycles. The van der Waals surface area contributed by atoms with Crippen LogP contribution in [0.2, 0.25) is 5.02 Å². The molecule has 8 nitrogen and oxygen atoms in total. The van der Waals surface area contributed by atoms with Crippen LogP contribution in [-0.2, 0) is 4.79 Å². The molecule has 1 saturated carbocycles. The third-order valence-electron chi connectivity index (χ3n) is 4.53. The van der Waals surface area contributed by atoms with E-state index < -0.39 is 18.5 Å². The molecule has 1 aromatic heterocycles. The number of nitrogens with zero attached hydrogens (tertiary/aromatic N) is 2. The van der Waals surface area contributed by atoms with E-state index in [0.717, 1.165) is 19.3 Å². The summed E-state index contributed by atoms with van der Waals surface area (Å²) in [7, 11) is 0. The van der Waals surface area contributed by atoms with Gasteiger partial charge in [0.15, 0.2) is 6.61 Å². The zero-order chi connectivity index (χ0) is 19.2. The Balaban J connectivity index is 1.47. The molecule has 3 rings (SSSR count). The van der Waals surface area contributed by atoms with E-state index in [1.807, 2.05) is 0 Å². The van der Waals surface area contributed by atoms with E-state index in [0.29, 0.717) is 16.5 Å². The first-order valence-corrected chi connectivity index (χ1v) is 9.22. The van der Waals surface area contributed by atoms with Crippen molar-refractivity contribution in [3.63, 3.8) is 0 Å². The summed E-state index contributed by atoms with van der Waals surface area (Å²) in [6.45, 7) is 1.68. The predicted molar refractivity (Wildman–Crippen MR) is 98.3 cm³/mol. The summed E-state index contributed by atoms with van der Waals surface area (Å²) in [6.07, 6.45) is 4.08. The maximum atomic E-state index is 11.9. The second kappa shape index (κ2) is 8.85. The molecule has 1 fully saturated rings. The summed E-state index contributed by atoms with van der Waals surface area (Å²) in [6, 6.07) is 6.57. The van der Waals surface area contributed by atoms with Crippen LogP contribution >= 0.6 is 11.6 Å². The number of aromatic nitrogens is 2. The number of halogens is 1. The molecule has 2 unspecified atom stereocenters. The Kier molecular flexibility index (Phi) is 6.28. The van der Waals surface area contributed by atoms with Gasteiger partial charge in [0.2, 0.25) is 5.82 Å². The van der Waals surface area contributed by atoms with Gasteiger partial charge in [0.05, 0.1) is 5.02 Å². The van der Waals surface area contributed by atoms with Gasteiger partial charge in [-0.25, -0.2) is 4.79 Å². The monoisotopic (exact) mass is 392 g/mol. The fourth-order valence-corrected chi connectivity index (χ4v) is 3.27. The highest BCUT2D eigenvalue weighted by atomic mass is 35.5. The Morgan fingerprint density at radius 1 is 1.30 bits per heavy atom. The molecule has 144 valence electrons. The van der Waals surface area contributed by atoms with Crippen LogP contribution in [0.5, 0.6) is 6.08 Å². The van der Waals surface area contributed by atoms with Crippen LogP contribution in [0.3, 0.4) is 0 Å². The maximum absolute atomic E-state index is 11.9. The van der Waals surface area contributed by atoms with Crippen LogP contribution in [0, 0.1) is 5.92 Å². The van der Waals surface area contributed by atoms with E-state index in [9.17, 15) is 9.59 Å². The van der Waals surface area contributed by atoms with Gasteiger partial charge >= 0.3 is 12.1 Å². The molecular formula is C18H21ClN4O4. The van der Waals surface area contributed by atoms with Crippen LogP contribution in [-0.4, -0.2) is 34.7 Å². The Labute approximate surface area is 161 Å². The molecule has 9 heteroatoms. The maximum Gasteiger partial charge on any atom is 0.418 e. The summed E-state index contributed by atoms with van der Waals surface area (Å²) < 4.78 is 10.1. The number of nitrogens with one attached hydrogen (secondary N) is 2. The molecule has 1 heterocycles. The van der Waals surface area contributed by atoms with Crippen molar-refractivity contribution in [3.05, 3.63) is 29.3 Å². The number of ether oxygens (including phenoxy) is 1. The number of imide groups is 1. The van der Waals surface area contributed by atoms with E-state index in [1.54, 1.807) is 24.3 Å². The Hall–Kier alpha value is -2.61. The van der Waals surface area contributed by atoms with Crippen molar-refractivity contribution in [2.75, 3.05) is 6.61 Å². The van der Waals surface area contributed by atoms with Gasteiger partial charge in [0, 0.05) is 11.6 Å². The minimum absolute atomic E-state index is 0.0848. The van der Waals surface area contributed by atoms with Crippen molar-refractivity contribution >= 4 is 23.5 Å². The Morgan fingerprint density at radius 2 is 2.07 bits per heavy atom. The number of carbonyl (C=O) groups is 2. The number of benzene rings is 1. The number of rotatable bonds is 5. The third-order valence-corrected chi connectivity index (χ3v) is 4.86. The van der Waals surface area contributed by atoms with Crippen LogP contribution < -0.4 is 15.4 Å². The Morgan fingerprint density at radius 3 is 2.85 bits per heavy atom. The highest BCUT2D eigenvalue weighted by molar-refractivity contribution is 6.33. The minimum atomic E-state index is -0.603. The lowest BCUT2D eigenvalue weighted by Crippen LogP contribution is -2.48. The smallest absolute Gasteiger partial charge is 0.418 e. The summed E-state index contributed by atoms with van der Waals surface area (Å²) in [5, 5.41) is 9.31. The van der Waals surface area contributed by atoms with Gasteiger partial charge < -0.3 is 10.1 Å². The van der Waals surface area contributed by atoms with Crippen LogP contribution in [0.1, 0.15) is 32.6 Å². The molecule has 2 aromatic rings. The highest BCUT2D eigenvalue weighted by Crippen LogP contribution is 2.26. The molecule has 0 aliphatic heterocycles.